The third-order valence-electron chi connectivity index (χ3n) is 5.67. The number of carbonyl (C=O) groups is 2. The first kappa shape index (κ1) is 21.0. The molecular weight excluding hydrogens is 392 g/mol. The predicted molar refractivity (Wildman–Crippen MR) is 118 cm³/mol. The zero-order chi connectivity index (χ0) is 21.6. The van der Waals surface area contributed by atoms with Crippen LogP contribution in [0.1, 0.15) is 24.0 Å². The van der Waals surface area contributed by atoms with Crippen molar-refractivity contribution in [3.8, 4) is 18.1 Å². The lowest BCUT2D eigenvalue weighted by molar-refractivity contribution is -0.141. The van der Waals surface area contributed by atoms with Crippen molar-refractivity contribution in [1.82, 2.24) is 4.90 Å². The molecule has 2 aliphatic heterocycles. The average molecular weight is 418 g/mol. The molecule has 0 spiro atoms. The van der Waals surface area contributed by atoms with Crippen LogP contribution in [0.2, 0.25) is 0 Å². The minimum Gasteiger partial charge on any atom is -0.491 e. The number of anilines is 1. The topological polar surface area (TPSA) is 59.1 Å². The second-order valence-electron chi connectivity index (χ2n) is 7.74. The van der Waals surface area contributed by atoms with E-state index in [-0.39, 0.29) is 30.8 Å². The van der Waals surface area contributed by atoms with Gasteiger partial charge < -0.3 is 19.3 Å². The molecule has 2 heterocycles. The minimum atomic E-state index is -0.214. The van der Waals surface area contributed by atoms with Crippen molar-refractivity contribution in [2.45, 2.75) is 25.4 Å². The highest BCUT2D eigenvalue weighted by atomic mass is 16.5. The van der Waals surface area contributed by atoms with Crippen molar-refractivity contribution < 1.29 is 19.1 Å². The first-order valence-electron chi connectivity index (χ1n) is 10.6. The first-order valence-corrected chi connectivity index (χ1v) is 10.6. The Morgan fingerprint density at radius 1 is 1.10 bits per heavy atom. The summed E-state index contributed by atoms with van der Waals surface area (Å²) >= 11 is 0. The number of nitrogens with zero attached hydrogens (tertiary/aromatic N) is 2. The zero-order valence-electron chi connectivity index (χ0n) is 17.5. The molecule has 160 valence electrons. The summed E-state index contributed by atoms with van der Waals surface area (Å²) in [6.45, 7) is 2.46. The fourth-order valence-electron chi connectivity index (χ4n) is 4.02. The molecule has 0 N–H and O–H groups in total. The van der Waals surface area contributed by atoms with Gasteiger partial charge in [0.2, 0.25) is 11.8 Å². The maximum atomic E-state index is 12.7. The molecule has 0 aromatic heterocycles. The van der Waals surface area contributed by atoms with Crippen molar-refractivity contribution in [2.75, 3.05) is 37.7 Å². The van der Waals surface area contributed by atoms with Crippen molar-refractivity contribution in [1.29, 1.82) is 0 Å². The van der Waals surface area contributed by atoms with Gasteiger partial charge in [-0.1, -0.05) is 30.2 Å². The van der Waals surface area contributed by atoms with Gasteiger partial charge in [0.15, 0.2) is 0 Å². The molecular formula is C25H26N2O4. The van der Waals surface area contributed by atoms with E-state index < -0.39 is 0 Å². The number of terminal acetylenes is 1. The minimum absolute atomic E-state index is 0.000150. The Kier molecular flexibility index (Phi) is 6.54. The van der Waals surface area contributed by atoms with E-state index in [9.17, 15) is 9.59 Å². The maximum absolute atomic E-state index is 12.7. The monoisotopic (exact) mass is 418 g/mol. The van der Waals surface area contributed by atoms with E-state index in [4.69, 9.17) is 15.9 Å². The molecule has 6 nitrogen and oxygen atoms in total. The highest BCUT2D eigenvalue weighted by Crippen LogP contribution is 2.28. The van der Waals surface area contributed by atoms with E-state index in [1.54, 1.807) is 15.9 Å². The van der Waals surface area contributed by atoms with Crippen LogP contribution < -0.4 is 9.64 Å². The smallest absolute Gasteiger partial charge is 0.227 e. The molecule has 4 rings (SSSR count). The standard InChI is InChI=1S/C25H26N2O4/c1-2-19-6-5-8-21(16-19)31-18-22-17-26(14-15-30-22)24(28)10-11-25(29)27-13-12-20-7-3-4-9-23(20)27/h1,3-9,16,22H,10-15,17-18H2. The Morgan fingerprint density at radius 2 is 1.94 bits per heavy atom. The van der Waals surface area contributed by atoms with Gasteiger partial charge in [-0.05, 0) is 36.2 Å². The average Bonchev–Trinajstić information content (AvgIpc) is 3.25. The molecule has 1 unspecified atom stereocenters. The third-order valence-corrected chi connectivity index (χ3v) is 5.67. The molecule has 1 fully saturated rings. The molecule has 0 aliphatic carbocycles. The van der Waals surface area contributed by atoms with Crippen molar-refractivity contribution in [2.24, 2.45) is 0 Å². The highest BCUT2D eigenvalue weighted by Gasteiger charge is 2.27. The van der Waals surface area contributed by atoms with Crippen LogP contribution in [-0.2, 0) is 20.7 Å². The summed E-state index contributed by atoms with van der Waals surface area (Å²) < 4.78 is 11.5. The van der Waals surface area contributed by atoms with Gasteiger partial charge in [0, 0.05) is 37.2 Å². The van der Waals surface area contributed by atoms with Crippen LogP contribution >= 0.6 is 0 Å². The molecule has 2 amide bonds. The lowest BCUT2D eigenvalue weighted by Crippen LogP contribution is -2.47. The molecule has 31 heavy (non-hydrogen) atoms. The molecule has 2 aromatic rings. The summed E-state index contributed by atoms with van der Waals surface area (Å²) in [4.78, 5) is 28.9. The molecule has 6 heteroatoms. The van der Waals surface area contributed by atoms with Crippen LogP contribution in [0.5, 0.6) is 5.75 Å². The number of morpholine rings is 1. The summed E-state index contributed by atoms with van der Waals surface area (Å²) in [6.07, 6.45) is 6.49. The second-order valence-corrected chi connectivity index (χ2v) is 7.74. The molecule has 2 aromatic carbocycles. The van der Waals surface area contributed by atoms with E-state index in [2.05, 4.69) is 5.92 Å². The van der Waals surface area contributed by atoms with Gasteiger partial charge in [-0.15, -0.1) is 6.42 Å². The quantitative estimate of drug-likeness (QED) is 0.677. The number of fused-ring (bicyclic) bond motifs is 1. The Morgan fingerprint density at radius 3 is 2.81 bits per heavy atom. The molecule has 1 saturated heterocycles. The Balaban J connectivity index is 1.25. The van der Waals surface area contributed by atoms with Crippen LogP contribution in [0.15, 0.2) is 48.5 Å². The summed E-state index contributed by atoms with van der Waals surface area (Å²) in [5, 5.41) is 0. The predicted octanol–water partition coefficient (Wildman–Crippen LogP) is 2.64. The van der Waals surface area contributed by atoms with E-state index in [0.29, 0.717) is 38.6 Å². The van der Waals surface area contributed by atoms with Gasteiger partial charge in [0.1, 0.15) is 18.5 Å². The van der Waals surface area contributed by atoms with Crippen molar-refractivity contribution in [3.63, 3.8) is 0 Å². The van der Waals surface area contributed by atoms with Crippen molar-refractivity contribution in [3.05, 3.63) is 59.7 Å². The summed E-state index contributed by atoms with van der Waals surface area (Å²) in [7, 11) is 0. The van der Waals surface area contributed by atoms with E-state index in [0.717, 1.165) is 17.7 Å². The fourth-order valence-corrected chi connectivity index (χ4v) is 4.02. The Bertz CT molecular complexity index is 997. The first-order chi connectivity index (χ1) is 15.1. The Labute approximate surface area is 182 Å². The molecule has 0 radical (unpaired) electrons. The number of ether oxygens (including phenoxy) is 2. The number of carbonyl (C=O) groups excluding carboxylic acids is 2. The molecule has 0 bridgehead atoms. The number of para-hydroxylation sites is 1. The van der Waals surface area contributed by atoms with Gasteiger partial charge in [0.05, 0.1) is 13.2 Å². The SMILES string of the molecule is C#Cc1cccc(OCC2CN(C(=O)CCC(=O)N3CCc4ccccc43)CCO2)c1. The number of amides is 2. The Hall–Kier alpha value is -3.30. The molecule has 2 aliphatic rings. The van der Waals surface area contributed by atoms with Crippen LogP contribution in [0, 0.1) is 12.3 Å². The summed E-state index contributed by atoms with van der Waals surface area (Å²) in [5.41, 5.74) is 2.91. The third kappa shape index (κ3) is 5.07. The largest absolute Gasteiger partial charge is 0.491 e. The van der Waals surface area contributed by atoms with Crippen molar-refractivity contribution >= 4 is 17.5 Å². The second kappa shape index (κ2) is 9.67. The number of rotatable bonds is 6. The maximum Gasteiger partial charge on any atom is 0.227 e. The van der Waals surface area contributed by atoms with Gasteiger partial charge in [-0.2, -0.15) is 0 Å². The summed E-state index contributed by atoms with van der Waals surface area (Å²) in [6, 6.07) is 15.3. The zero-order valence-corrected chi connectivity index (χ0v) is 17.5. The van der Waals surface area contributed by atoms with Crippen LogP contribution in [-0.4, -0.2) is 55.7 Å². The lowest BCUT2D eigenvalue weighted by Gasteiger charge is -2.33. The summed E-state index contributed by atoms with van der Waals surface area (Å²) in [5.74, 6) is 3.24. The number of hydrogen-bond acceptors (Lipinski definition) is 4. The molecule has 0 saturated carbocycles. The van der Waals surface area contributed by atoms with Gasteiger partial charge >= 0.3 is 0 Å². The highest BCUT2D eigenvalue weighted by molar-refractivity contribution is 5.97. The number of benzene rings is 2. The van der Waals surface area contributed by atoms with Crippen LogP contribution in [0.25, 0.3) is 0 Å². The molecule has 1 atom stereocenters. The van der Waals surface area contributed by atoms with Crippen LogP contribution in [0.3, 0.4) is 0 Å². The normalized spacial score (nSPS) is 17.7. The van der Waals surface area contributed by atoms with E-state index in [1.807, 2.05) is 42.5 Å². The van der Waals surface area contributed by atoms with E-state index >= 15 is 0 Å². The van der Waals surface area contributed by atoms with Gasteiger partial charge in [0.25, 0.3) is 0 Å². The lowest BCUT2D eigenvalue weighted by atomic mass is 10.2. The van der Waals surface area contributed by atoms with Crippen LogP contribution in [0.4, 0.5) is 5.69 Å². The fraction of sp³-hybridized carbons (Fsp3) is 0.360. The van der Waals surface area contributed by atoms with E-state index in [1.165, 1.54) is 5.56 Å². The number of hydrogen-bond donors (Lipinski definition) is 0. The van der Waals surface area contributed by atoms with Gasteiger partial charge in [-0.3, -0.25) is 9.59 Å². The van der Waals surface area contributed by atoms with Gasteiger partial charge in [-0.25, -0.2) is 0 Å².